The predicted molar refractivity (Wildman–Crippen MR) is 56.4 cm³/mol. The molecule has 4 nitrogen and oxygen atoms in total. The Kier molecular flexibility index (Phi) is 2.77. The van der Waals surface area contributed by atoms with Crippen molar-refractivity contribution in [3.63, 3.8) is 0 Å². The third-order valence-corrected chi connectivity index (χ3v) is 3.07. The van der Waals surface area contributed by atoms with E-state index in [9.17, 15) is 8.42 Å². The zero-order valence-electron chi connectivity index (χ0n) is 8.27. The van der Waals surface area contributed by atoms with Crippen LogP contribution >= 0.6 is 0 Å². The molecule has 0 bridgehead atoms. The number of benzene rings is 1. The highest BCUT2D eigenvalue weighted by Crippen LogP contribution is 2.25. The Morgan fingerprint density at radius 1 is 1.33 bits per heavy atom. The van der Waals surface area contributed by atoms with Crippen LogP contribution < -0.4 is 5.14 Å². The Morgan fingerprint density at radius 2 is 2.13 bits per heavy atom. The molecular weight excluding hydrogens is 214 g/mol. The lowest BCUT2D eigenvalue weighted by Crippen LogP contribution is -2.16. The van der Waals surface area contributed by atoms with E-state index in [2.05, 4.69) is 10.2 Å². The van der Waals surface area contributed by atoms with Crippen molar-refractivity contribution < 1.29 is 12.6 Å². The molecule has 5 heteroatoms. The lowest BCUT2D eigenvalue weighted by Gasteiger charge is -2.07. The summed E-state index contributed by atoms with van der Waals surface area (Å²) < 4.78 is 25.9. The molecule has 82 valence electrons. The molecule has 0 aliphatic heterocycles. The maximum atomic E-state index is 10.7. The minimum absolute atomic E-state index is 0.0437. The lowest BCUT2D eigenvalue weighted by atomic mass is 10.0. The first-order chi connectivity index (χ1) is 7.06. The SMILES string of the molecule is NS(=O)(=O)OCc1cccc2c1CCC2. The Labute approximate surface area is 89.3 Å². The summed E-state index contributed by atoms with van der Waals surface area (Å²) in [6.07, 6.45) is 3.19. The van der Waals surface area contributed by atoms with Crippen molar-refractivity contribution in [1.29, 1.82) is 0 Å². The van der Waals surface area contributed by atoms with Crippen molar-refractivity contribution in [2.24, 2.45) is 5.14 Å². The molecular formula is C10H13NO3S. The van der Waals surface area contributed by atoms with Gasteiger partial charge in [0.2, 0.25) is 0 Å². The van der Waals surface area contributed by atoms with Crippen molar-refractivity contribution in [2.45, 2.75) is 25.9 Å². The van der Waals surface area contributed by atoms with Gasteiger partial charge in [-0.15, -0.1) is 0 Å². The smallest absolute Gasteiger partial charge is 0.253 e. The van der Waals surface area contributed by atoms with Crippen molar-refractivity contribution in [3.05, 3.63) is 34.9 Å². The lowest BCUT2D eigenvalue weighted by molar-refractivity contribution is 0.307. The van der Waals surface area contributed by atoms with Crippen LogP contribution in [0.3, 0.4) is 0 Å². The second kappa shape index (κ2) is 3.92. The van der Waals surface area contributed by atoms with Gasteiger partial charge in [0.25, 0.3) is 0 Å². The van der Waals surface area contributed by atoms with Crippen molar-refractivity contribution >= 4 is 10.3 Å². The first-order valence-corrected chi connectivity index (χ1v) is 6.30. The summed E-state index contributed by atoms with van der Waals surface area (Å²) >= 11 is 0. The van der Waals surface area contributed by atoms with E-state index in [1.807, 2.05) is 12.1 Å². The fourth-order valence-corrected chi connectivity index (χ4v) is 2.27. The highest BCUT2D eigenvalue weighted by Gasteiger charge is 2.15. The van der Waals surface area contributed by atoms with Gasteiger partial charge in [-0.25, -0.2) is 5.14 Å². The third-order valence-electron chi connectivity index (χ3n) is 2.62. The molecule has 1 aromatic rings. The predicted octanol–water partition coefficient (Wildman–Crippen LogP) is 0.895. The standard InChI is InChI=1S/C10H13NO3S/c11-15(12,13)14-7-9-5-1-3-8-4-2-6-10(8)9/h1,3,5H,2,4,6-7H2,(H2,11,12,13). The van der Waals surface area contributed by atoms with Crippen molar-refractivity contribution in [3.8, 4) is 0 Å². The van der Waals surface area contributed by atoms with Gasteiger partial charge in [0, 0.05) is 0 Å². The van der Waals surface area contributed by atoms with Gasteiger partial charge >= 0.3 is 10.3 Å². The Bertz CT molecular complexity index is 468. The summed E-state index contributed by atoms with van der Waals surface area (Å²) in [5, 5.41) is 4.78. The zero-order chi connectivity index (χ0) is 10.9. The molecule has 0 fully saturated rings. The van der Waals surface area contributed by atoms with Gasteiger partial charge < -0.3 is 0 Å². The second-order valence-corrected chi connectivity index (χ2v) is 4.88. The van der Waals surface area contributed by atoms with Crippen molar-refractivity contribution in [1.82, 2.24) is 0 Å². The number of aryl methyl sites for hydroxylation is 1. The summed E-state index contributed by atoms with van der Waals surface area (Å²) in [6.45, 7) is 0.0437. The number of nitrogens with two attached hydrogens (primary N) is 1. The molecule has 0 unspecified atom stereocenters. The normalized spacial score (nSPS) is 15.3. The molecule has 1 aliphatic rings. The van der Waals surface area contributed by atoms with Gasteiger partial charge in [-0.3, -0.25) is 4.18 Å². The van der Waals surface area contributed by atoms with E-state index in [4.69, 9.17) is 5.14 Å². The van der Waals surface area contributed by atoms with E-state index in [1.165, 1.54) is 11.1 Å². The van der Waals surface area contributed by atoms with E-state index in [1.54, 1.807) is 0 Å². The number of hydrogen-bond donors (Lipinski definition) is 1. The summed E-state index contributed by atoms with van der Waals surface area (Å²) in [4.78, 5) is 0. The van der Waals surface area contributed by atoms with Crippen LogP contribution in [0.2, 0.25) is 0 Å². The molecule has 0 heterocycles. The molecule has 0 spiro atoms. The average Bonchev–Trinajstić information content (AvgIpc) is 2.61. The van der Waals surface area contributed by atoms with E-state index in [-0.39, 0.29) is 6.61 Å². The monoisotopic (exact) mass is 227 g/mol. The fraction of sp³-hybridized carbons (Fsp3) is 0.400. The quantitative estimate of drug-likeness (QED) is 0.834. The van der Waals surface area contributed by atoms with Crippen molar-refractivity contribution in [2.75, 3.05) is 0 Å². The summed E-state index contributed by atoms with van der Waals surface area (Å²) in [7, 11) is -3.84. The molecule has 0 atom stereocenters. The molecule has 0 aromatic heterocycles. The van der Waals surface area contributed by atoms with Crippen LogP contribution in [0.5, 0.6) is 0 Å². The Morgan fingerprint density at radius 3 is 2.87 bits per heavy atom. The van der Waals surface area contributed by atoms with Crippen LogP contribution in [0.4, 0.5) is 0 Å². The van der Waals surface area contributed by atoms with Gasteiger partial charge in [-0.2, -0.15) is 8.42 Å². The number of rotatable bonds is 3. The topological polar surface area (TPSA) is 69.4 Å². The van der Waals surface area contributed by atoms with Crippen LogP contribution in [0.1, 0.15) is 23.1 Å². The minimum Gasteiger partial charge on any atom is -0.253 e. The molecule has 0 saturated heterocycles. The van der Waals surface area contributed by atoms with Crippen LogP contribution in [0.25, 0.3) is 0 Å². The van der Waals surface area contributed by atoms with E-state index >= 15 is 0 Å². The molecule has 2 rings (SSSR count). The first-order valence-electron chi connectivity index (χ1n) is 4.83. The zero-order valence-corrected chi connectivity index (χ0v) is 9.09. The maximum Gasteiger partial charge on any atom is 0.333 e. The molecule has 15 heavy (non-hydrogen) atoms. The van der Waals surface area contributed by atoms with Crippen LogP contribution in [-0.2, 0) is 33.9 Å². The van der Waals surface area contributed by atoms with Gasteiger partial charge in [-0.1, -0.05) is 18.2 Å². The third kappa shape index (κ3) is 2.56. The molecule has 2 N–H and O–H groups in total. The average molecular weight is 227 g/mol. The molecule has 0 saturated carbocycles. The minimum atomic E-state index is -3.84. The largest absolute Gasteiger partial charge is 0.333 e. The Hall–Kier alpha value is -0.910. The van der Waals surface area contributed by atoms with Gasteiger partial charge in [0.05, 0.1) is 6.61 Å². The number of fused-ring (bicyclic) bond motifs is 1. The molecule has 0 amide bonds. The summed E-state index contributed by atoms with van der Waals surface area (Å²) in [5.41, 5.74) is 3.45. The fourth-order valence-electron chi connectivity index (χ4n) is 1.98. The van der Waals surface area contributed by atoms with Gasteiger partial charge in [0.1, 0.15) is 0 Å². The van der Waals surface area contributed by atoms with E-state index < -0.39 is 10.3 Å². The molecule has 1 aromatic carbocycles. The molecule has 0 radical (unpaired) electrons. The van der Waals surface area contributed by atoms with Gasteiger partial charge in [0.15, 0.2) is 0 Å². The Balaban J connectivity index is 2.19. The van der Waals surface area contributed by atoms with Crippen LogP contribution in [0, 0.1) is 0 Å². The highest BCUT2D eigenvalue weighted by molar-refractivity contribution is 7.84. The van der Waals surface area contributed by atoms with Crippen LogP contribution in [0.15, 0.2) is 18.2 Å². The maximum absolute atomic E-state index is 10.7. The second-order valence-electron chi connectivity index (χ2n) is 3.66. The van der Waals surface area contributed by atoms with Gasteiger partial charge in [-0.05, 0) is 36.0 Å². The van der Waals surface area contributed by atoms with E-state index in [0.717, 1.165) is 24.8 Å². The highest BCUT2D eigenvalue weighted by atomic mass is 32.2. The van der Waals surface area contributed by atoms with Crippen LogP contribution in [-0.4, -0.2) is 8.42 Å². The summed E-state index contributed by atoms with van der Waals surface area (Å²) in [6, 6.07) is 5.88. The first kappa shape index (κ1) is 10.6. The number of hydrogen-bond acceptors (Lipinski definition) is 3. The molecule has 1 aliphatic carbocycles. The summed E-state index contributed by atoms with van der Waals surface area (Å²) in [5.74, 6) is 0. The van der Waals surface area contributed by atoms with E-state index in [0.29, 0.717) is 0 Å².